The van der Waals surface area contributed by atoms with Gasteiger partial charge in [-0.3, -0.25) is 10.1 Å². The molecule has 3 rings (SSSR count). The van der Waals surface area contributed by atoms with E-state index in [1.807, 2.05) is 26.8 Å². The number of methoxy groups -OCH3 is 2. The molecule has 3 aromatic rings. The van der Waals surface area contributed by atoms with E-state index in [1.165, 1.54) is 11.3 Å². The Bertz CT molecular complexity index is 998. The summed E-state index contributed by atoms with van der Waals surface area (Å²) >= 11 is 1.34. The predicted octanol–water partition coefficient (Wildman–Crippen LogP) is 4.76. The molecular weight excluding hydrogens is 420 g/mol. The number of carbonyl (C=O) groups excluding carboxylic acids is 1. The van der Waals surface area contributed by atoms with E-state index in [4.69, 9.17) is 23.7 Å². The first-order valence-corrected chi connectivity index (χ1v) is 10.8. The Labute approximate surface area is 185 Å². The van der Waals surface area contributed by atoms with E-state index in [0.717, 1.165) is 4.70 Å². The van der Waals surface area contributed by atoms with Crippen molar-refractivity contribution in [2.45, 2.75) is 20.8 Å². The van der Waals surface area contributed by atoms with E-state index >= 15 is 0 Å². The minimum Gasteiger partial charge on any atom is -0.493 e. The van der Waals surface area contributed by atoms with Crippen molar-refractivity contribution >= 4 is 32.6 Å². The molecule has 2 aromatic carbocycles. The number of thiazole rings is 1. The Balaban J connectivity index is 1.93. The van der Waals surface area contributed by atoms with Gasteiger partial charge in [0.2, 0.25) is 5.75 Å². The third-order valence-corrected chi connectivity index (χ3v) is 5.22. The minimum absolute atomic E-state index is 0.331. The zero-order valence-corrected chi connectivity index (χ0v) is 19.1. The SMILES string of the molecule is CCOc1cc(C(=O)Nc2nc3cc(OC)c(OC)cc3s2)cc(OCC)c1OCC. The normalized spacial score (nSPS) is 10.6. The van der Waals surface area contributed by atoms with Crippen molar-refractivity contribution in [3.8, 4) is 28.7 Å². The molecule has 0 aliphatic heterocycles. The lowest BCUT2D eigenvalue weighted by Gasteiger charge is -2.16. The van der Waals surface area contributed by atoms with Crippen molar-refractivity contribution in [2.75, 3.05) is 39.4 Å². The molecule has 166 valence electrons. The smallest absolute Gasteiger partial charge is 0.257 e. The summed E-state index contributed by atoms with van der Waals surface area (Å²) < 4.78 is 28.6. The molecule has 1 aromatic heterocycles. The Hall–Kier alpha value is -3.20. The maximum atomic E-state index is 13.0. The Morgan fingerprint density at radius 1 is 0.871 bits per heavy atom. The molecule has 0 atom stereocenters. The minimum atomic E-state index is -0.331. The average Bonchev–Trinajstić information content (AvgIpc) is 3.15. The number of nitrogens with one attached hydrogen (secondary N) is 1. The second-order valence-corrected chi connectivity index (χ2v) is 7.28. The van der Waals surface area contributed by atoms with Gasteiger partial charge in [0.15, 0.2) is 28.1 Å². The first kappa shape index (κ1) is 22.5. The molecule has 9 heteroatoms. The molecule has 0 bridgehead atoms. The number of benzene rings is 2. The Morgan fingerprint density at radius 3 is 2.00 bits per heavy atom. The molecule has 1 amide bonds. The number of nitrogens with zero attached hydrogens (tertiary/aromatic N) is 1. The largest absolute Gasteiger partial charge is 0.493 e. The number of amides is 1. The van der Waals surface area contributed by atoms with Crippen LogP contribution in [-0.2, 0) is 0 Å². The van der Waals surface area contributed by atoms with Gasteiger partial charge in [0.25, 0.3) is 5.91 Å². The topological polar surface area (TPSA) is 88.1 Å². The van der Waals surface area contributed by atoms with E-state index in [1.54, 1.807) is 32.4 Å². The molecule has 1 N–H and O–H groups in total. The van der Waals surface area contributed by atoms with Gasteiger partial charge in [-0.2, -0.15) is 0 Å². The molecule has 1 heterocycles. The fraction of sp³-hybridized carbons (Fsp3) is 0.364. The summed E-state index contributed by atoms with van der Waals surface area (Å²) in [5.74, 6) is 2.25. The Kier molecular flexibility index (Phi) is 7.41. The van der Waals surface area contributed by atoms with Crippen molar-refractivity contribution in [2.24, 2.45) is 0 Å². The van der Waals surface area contributed by atoms with Crippen molar-refractivity contribution in [3.63, 3.8) is 0 Å². The highest BCUT2D eigenvalue weighted by atomic mass is 32.1. The lowest BCUT2D eigenvalue weighted by molar-refractivity contribution is 0.102. The van der Waals surface area contributed by atoms with Gasteiger partial charge in [-0.25, -0.2) is 4.98 Å². The highest BCUT2D eigenvalue weighted by Gasteiger charge is 2.19. The van der Waals surface area contributed by atoms with E-state index in [2.05, 4.69) is 10.3 Å². The highest BCUT2D eigenvalue weighted by molar-refractivity contribution is 7.22. The van der Waals surface area contributed by atoms with Gasteiger partial charge in [0, 0.05) is 17.7 Å². The molecule has 0 spiro atoms. The van der Waals surface area contributed by atoms with Gasteiger partial charge in [0.05, 0.1) is 44.3 Å². The van der Waals surface area contributed by atoms with Crippen LogP contribution in [0.1, 0.15) is 31.1 Å². The number of hydrogen-bond acceptors (Lipinski definition) is 8. The molecule has 8 nitrogen and oxygen atoms in total. The predicted molar refractivity (Wildman–Crippen MR) is 121 cm³/mol. The van der Waals surface area contributed by atoms with Gasteiger partial charge in [-0.1, -0.05) is 11.3 Å². The van der Waals surface area contributed by atoms with Crippen LogP contribution in [-0.4, -0.2) is 44.9 Å². The average molecular weight is 447 g/mol. The quantitative estimate of drug-likeness (QED) is 0.480. The third-order valence-electron chi connectivity index (χ3n) is 4.29. The monoisotopic (exact) mass is 446 g/mol. The van der Waals surface area contributed by atoms with Crippen LogP contribution in [0, 0.1) is 0 Å². The zero-order chi connectivity index (χ0) is 22.4. The maximum Gasteiger partial charge on any atom is 0.257 e. The van der Waals surface area contributed by atoms with E-state index in [0.29, 0.717) is 64.8 Å². The number of fused-ring (bicyclic) bond motifs is 1. The molecule has 0 saturated heterocycles. The third kappa shape index (κ3) is 4.93. The van der Waals surface area contributed by atoms with Gasteiger partial charge >= 0.3 is 0 Å². The van der Waals surface area contributed by atoms with Crippen molar-refractivity contribution in [1.82, 2.24) is 4.98 Å². The van der Waals surface area contributed by atoms with Crippen molar-refractivity contribution in [3.05, 3.63) is 29.8 Å². The zero-order valence-electron chi connectivity index (χ0n) is 18.2. The fourth-order valence-electron chi connectivity index (χ4n) is 3.00. The second kappa shape index (κ2) is 10.2. The number of carbonyl (C=O) groups is 1. The van der Waals surface area contributed by atoms with Crippen LogP contribution < -0.4 is 29.0 Å². The number of hydrogen-bond donors (Lipinski definition) is 1. The summed E-state index contributed by atoms with van der Waals surface area (Å²) in [7, 11) is 3.14. The molecule has 0 unspecified atom stereocenters. The van der Waals surface area contributed by atoms with Crippen molar-refractivity contribution < 1.29 is 28.5 Å². The molecule has 0 aliphatic carbocycles. The van der Waals surface area contributed by atoms with E-state index in [-0.39, 0.29) is 5.91 Å². The number of ether oxygens (including phenoxy) is 5. The number of aromatic nitrogens is 1. The first-order chi connectivity index (χ1) is 15.0. The van der Waals surface area contributed by atoms with Gasteiger partial charge in [0.1, 0.15) is 0 Å². The standard InChI is InChI=1S/C22H26N2O6S/c1-6-28-17-9-13(10-18(29-7-2)20(17)30-8-3)21(25)24-22-23-14-11-15(26-4)16(27-5)12-19(14)31-22/h9-12H,6-8H2,1-5H3,(H,23,24,25). The molecule has 31 heavy (non-hydrogen) atoms. The summed E-state index contributed by atoms with van der Waals surface area (Å²) in [5.41, 5.74) is 1.08. The molecule has 0 saturated carbocycles. The van der Waals surface area contributed by atoms with Crippen LogP contribution in [0.2, 0.25) is 0 Å². The summed E-state index contributed by atoms with van der Waals surface area (Å²) in [5, 5.41) is 3.31. The van der Waals surface area contributed by atoms with Crippen LogP contribution in [0.5, 0.6) is 28.7 Å². The summed E-state index contributed by atoms with van der Waals surface area (Å²) in [4.78, 5) is 17.5. The van der Waals surface area contributed by atoms with E-state index < -0.39 is 0 Å². The van der Waals surface area contributed by atoms with Crippen LogP contribution in [0.4, 0.5) is 5.13 Å². The van der Waals surface area contributed by atoms with E-state index in [9.17, 15) is 4.79 Å². The summed E-state index contributed by atoms with van der Waals surface area (Å²) in [6.07, 6.45) is 0. The number of rotatable bonds is 10. The lowest BCUT2D eigenvalue weighted by Crippen LogP contribution is -2.13. The molecule has 0 fully saturated rings. The number of anilines is 1. The molecule has 0 radical (unpaired) electrons. The Morgan fingerprint density at radius 2 is 1.45 bits per heavy atom. The maximum absolute atomic E-state index is 13.0. The lowest BCUT2D eigenvalue weighted by atomic mass is 10.1. The van der Waals surface area contributed by atoms with Crippen LogP contribution in [0.3, 0.4) is 0 Å². The van der Waals surface area contributed by atoms with Gasteiger partial charge in [-0.05, 0) is 32.9 Å². The van der Waals surface area contributed by atoms with Crippen LogP contribution in [0.15, 0.2) is 24.3 Å². The first-order valence-electron chi connectivity index (χ1n) is 9.94. The van der Waals surface area contributed by atoms with Crippen LogP contribution >= 0.6 is 11.3 Å². The second-order valence-electron chi connectivity index (χ2n) is 6.25. The van der Waals surface area contributed by atoms with Crippen molar-refractivity contribution in [1.29, 1.82) is 0 Å². The van der Waals surface area contributed by atoms with Gasteiger partial charge in [-0.15, -0.1) is 0 Å². The fourth-order valence-corrected chi connectivity index (χ4v) is 3.87. The van der Waals surface area contributed by atoms with Gasteiger partial charge < -0.3 is 23.7 Å². The van der Waals surface area contributed by atoms with Crippen LogP contribution in [0.25, 0.3) is 10.2 Å². The summed E-state index contributed by atoms with van der Waals surface area (Å²) in [6, 6.07) is 6.90. The molecular formula is C22H26N2O6S. The summed E-state index contributed by atoms with van der Waals surface area (Å²) in [6.45, 7) is 6.92. The highest BCUT2D eigenvalue weighted by Crippen LogP contribution is 2.40. The molecule has 0 aliphatic rings.